The number of anilines is 1. The molecular weight excluding hydrogens is 470 g/mol. The molecule has 12 heteroatoms. The minimum atomic E-state index is -0.549. The van der Waals surface area contributed by atoms with Crippen LogP contribution in [-0.4, -0.2) is 71.6 Å². The summed E-state index contributed by atoms with van der Waals surface area (Å²) in [5.41, 5.74) is 0.848. The number of Topliss-reactive ketones (excluding diaryl/α,β-unsaturated/α-hetero) is 1. The molecule has 2 atom stereocenters. The largest absolute Gasteiger partial charge is 0.462 e. The number of amides is 1. The highest BCUT2D eigenvalue weighted by molar-refractivity contribution is 7.17. The van der Waals surface area contributed by atoms with Gasteiger partial charge in [0.25, 0.3) is 5.91 Å². The molecule has 180 valence electrons. The van der Waals surface area contributed by atoms with E-state index in [9.17, 15) is 14.4 Å². The Morgan fingerprint density at radius 3 is 2.64 bits per heavy atom. The number of carbonyl (C=O) groups excluding carboxylic acids is 3. The van der Waals surface area contributed by atoms with E-state index in [1.165, 1.54) is 0 Å². The number of rotatable bonds is 9. The van der Waals surface area contributed by atoms with Crippen LogP contribution in [-0.2, 0) is 15.9 Å². The second kappa shape index (κ2) is 11.1. The number of methoxy groups -OCH3 is 1. The standard InChI is InChI=1S/C21H28ClN5O5S/c1-5-11-17(22)26-18(23-11)19(29)24-12-8-9-27(10-14(12)31-4)21-25-15(13(28)6-2)16(33-21)20(30)32-7-3/h12,14H,5-10H2,1-4H3,(H,23,26)(H,24,29)/t12-,14+/m1/s1. The van der Waals surface area contributed by atoms with Crippen molar-refractivity contribution in [3.63, 3.8) is 0 Å². The molecule has 0 aromatic carbocycles. The Morgan fingerprint density at radius 1 is 1.27 bits per heavy atom. The molecule has 0 aliphatic carbocycles. The first-order chi connectivity index (χ1) is 15.8. The number of thiazole rings is 1. The molecule has 3 rings (SSSR count). The van der Waals surface area contributed by atoms with Crippen LogP contribution >= 0.6 is 22.9 Å². The molecule has 1 aliphatic rings. The highest BCUT2D eigenvalue weighted by Crippen LogP contribution is 2.31. The lowest BCUT2D eigenvalue weighted by atomic mass is 10.0. The fourth-order valence-electron chi connectivity index (χ4n) is 3.60. The maximum atomic E-state index is 12.7. The molecule has 3 heterocycles. The van der Waals surface area contributed by atoms with Crippen molar-refractivity contribution >= 4 is 45.7 Å². The number of aromatic nitrogens is 3. The number of nitrogens with one attached hydrogen (secondary N) is 2. The number of aryl methyl sites for hydroxylation is 1. The minimum absolute atomic E-state index is 0.141. The van der Waals surface area contributed by atoms with Crippen molar-refractivity contribution in [2.75, 3.05) is 31.7 Å². The molecule has 2 N–H and O–H groups in total. The van der Waals surface area contributed by atoms with Gasteiger partial charge in [-0.25, -0.2) is 14.8 Å². The second-order valence-corrected chi connectivity index (χ2v) is 8.80. The van der Waals surface area contributed by atoms with E-state index in [0.717, 1.165) is 11.3 Å². The third-order valence-corrected chi connectivity index (χ3v) is 6.82. The maximum absolute atomic E-state index is 12.7. The van der Waals surface area contributed by atoms with E-state index >= 15 is 0 Å². The lowest BCUT2D eigenvalue weighted by Gasteiger charge is -2.37. The van der Waals surface area contributed by atoms with Gasteiger partial charge >= 0.3 is 5.97 Å². The first-order valence-corrected chi connectivity index (χ1v) is 12.1. The lowest BCUT2D eigenvalue weighted by molar-refractivity contribution is 0.0528. The number of imidazole rings is 1. The molecule has 0 saturated carbocycles. The van der Waals surface area contributed by atoms with Crippen molar-refractivity contribution in [3.05, 3.63) is 27.2 Å². The van der Waals surface area contributed by atoms with Gasteiger partial charge in [-0.15, -0.1) is 0 Å². The van der Waals surface area contributed by atoms with E-state index in [1.807, 2.05) is 11.8 Å². The molecule has 1 amide bonds. The topological polar surface area (TPSA) is 127 Å². The molecule has 1 saturated heterocycles. The highest BCUT2D eigenvalue weighted by atomic mass is 35.5. The quantitative estimate of drug-likeness (QED) is 0.400. The molecule has 33 heavy (non-hydrogen) atoms. The summed E-state index contributed by atoms with van der Waals surface area (Å²) < 4.78 is 10.7. The normalized spacial score (nSPS) is 18.3. The first-order valence-electron chi connectivity index (χ1n) is 10.9. The second-order valence-electron chi connectivity index (χ2n) is 7.47. The summed E-state index contributed by atoms with van der Waals surface area (Å²) in [5, 5.41) is 3.80. The van der Waals surface area contributed by atoms with Crippen molar-refractivity contribution in [1.29, 1.82) is 0 Å². The Bertz CT molecular complexity index is 1020. The molecule has 2 aromatic rings. The average Bonchev–Trinajstić information content (AvgIpc) is 3.43. The number of ether oxygens (including phenoxy) is 2. The van der Waals surface area contributed by atoms with Gasteiger partial charge in [0, 0.05) is 26.6 Å². The summed E-state index contributed by atoms with van der Waals surface area (Å²) in [7, 11) is 1.57. The fourth-order valence-corrected chi connectivity index (χ4v) is 4.87. The Labute approximate surface area is 201 Å². The van der Waals surface area contributed by atoms with Crippen molar-refractivity contribution in [1.82, 2.24) is 20.3 Å². The summed E-state index contributed by atoms with van der Waals surface area (Å²) in [6.07, 6.45) is 1.12. The van der Waals surface area contributed by atoms with Gasteiger partial charge in [-0.2, -0.15) is 0 Å². The number of carbonyl (C=O) groups is 3. The summed E-state index contributed by atoms with van der Waals surface area (Å²) in [6, 6.07) is -0.256. The Morgan fingerprint density at radius 2 is 2.03 bits per heavy atom. The zero-order valence-electron chi connectivity index (χ0n) is 19.1. The summed E-state index contributed by atoms with van der Waals surface area (Å²) in [6.45, 7) is 6.55. The van der Waals surface area contributed by atoms with Crippen molar-refractivity contribution in [2.45, 2.75) is 52.2 Å². The van der Waals surface area contributed by atoms with Crippen LogP contribution in [0, 0.1) is 0 Å². The van der Waals surface area contributed by atoms with Gasteiger partial charge in [0.2, 0.25) is 0 Å². The predicted octanol–water partition coefficient (Wildman–Crippen LogP) is 2.88. The maximum Gasteiger partial charge on any atom is 0.350 e. The van der Waals surface area contributed by atoms with E-state index in [4.69, 9.17) is 21.1 Å². The highest BCUT2D eigenvalue weighted by Gasteiger charge is 2.34. The summed E-state index contributed by atoms with van der Waals surface area (Å²) >= 11 is 7.18. The number of H-pyrrole nitrogens is 1. The molecule has 0 spiro atoms. The summed E-state index contributed by atoms with van der Waals surface area (Å²) in [4.78, 5) is 51.0. The van der Waals surface area contributed by atoms with E-state index in [-0.39, 0.29) is 53.3 Å². The number of nitrogens with zero attached hydrogens (tertiary/aromatic N) is 3. The number of piperidine rings is 1. The van der Waals surface area contributed by atoms with E-state index < -0.39 is 5.97 Å². The van der Waals surface area contributed by atoms with Gasteiger partial charge in [0.15, 0.2) is 21.9 Å². The number of hydrogen-bond donors (Lipinski definition) is 2. The number of halogens is 1. The Kier molecular flexibility index (Phi) is 8.44. The van der Waals surface area contributed by atoms with E-state index in [1.54, 1.807) is 21.0 Å². The van der Waals surface area contributed by atoms with E-state index in [2.05, 4.69) is 20.3 Å². The Hall–Kier alpha value is -2.50. The van der Waals surface area contributed by atoms with Gasteiger partial charge < -0.3 is 24.7 Å². The van der Waals surface area contributed by atoms with Gasteiger partial charge in [0.1, 0.15) is 10.6 Å². The number of ketones is 1. The van der Waals surface area contributed by atoms with Gasteiger partial charge in [0.05, 0.1) is 24.4 Å². The minimum Gasteiger partial charge on any atom is -0.462 e. The van der Waals surface area contributed by atoms with Gasteiger partial charge in [-0.3, -0.25) is 9.59 Å². The molecule has 2 aromatic heterocycles. The molecule has 0 bridgehead atoms. The number of esters is 1. The van der Waals surface area contributed by atoms with Crippen LogP contribution in [0.5, 0.6) is 0 Å². The van der Waals surface area contributed by atoms with Crippen molar-refractivity contribution in [2.24, 2.45) is 0 Å². The monoisotopic (exact) mass is 497 g/mol. The summed E-state index contributed by atoms with van der Waals surface area (Å²) in [5.74, 6) is -0.954. The van der Waals surface area contributed by atoms with Crippen LogP contribution in [0.25, 0.3) is 0 Å². The smallest absolute Gasteiger partial charge is 0.350 e. The average molecular weight is 498 g/mol. The van der Waals surface area contributed by atoms with E-state index in [0.29, 0.717) is 41.9 Å². The third kappa shape index (κ3) is 5.53. The first kappa shape index (κ1) is 25.1. The Balaban J connectivity index is 1.74. The van der Waals surface area contributed by atoms with Crippen LogP contribution < -0.4 is 10.2 Å². The predicted molar refractivity (Wildman–Crippen MR) is 125 cm³/mol. The lowest BCUT2D eigenvalue weighted by Crippen LogP contribution is -2.55. The molecule has 1 aliphatic heterocycles. The molecular formula is C21H28ClN5O5S. The van der Waals surface area contributed by atoms with Crippen molar-refractivity contribution < 1.29 is 23.9 Å². The fraction of sp³-hybridized carbons (Fsp3) is 0.571. The zero-order chi connectivity index (χ0) is 24.1. The molecule has 0 radical (unpaired) electrons. The van der Waals surface area contributed by atoms with Gasteiger partial charge in [-0.1, -0.05) is 36.8 Å². The third-order valence-electron chi connectivity index (χ3n) is 5.41. The number of hydrogen-bond acceptors (Lipinski definition) is 9. The van der Waals surface area contributed by atoms with Crippen LogP contribution in [0.4, 0.5) is 5.13 Å². The number of aromatic amines is 1. The van der Waals surface area contributed by atoms with Crippen LogP contribution in [0.1, 0.15) is 70.1 Å². The molecule has 0 unspecified atom stereocenters. The zero-order valence-corrected chi connectivity index (χ0v) is 20.6. The van der Waals surface area contributed by atoms with Crippen LogP contribution in [0.15, 0.2) is 0 Å². The molecule has 10 nitrogen and oxygen atoms in total. The van der Waals surface area contributed by atoms with Gasteiger partial charge in [-0.05, 0) is 19.8 Å². The van der Waals surface area contributed by atoms with Crippen LogP contribution in [0.3, 0.4) is 0 Å². The van der Waals surface area contributed by atoms with Crippen molar-refractivity contribution in [3.8, 4) is 0 Å². The SMILES string of the molecule is CCOC(=O)c1sc(N2CC[C@@H](NC(=O)c3nc(Cl)c(CC)[nH]3)[C@@H](OC)C2)nc1C(=O)CC. The molecule has 1 fully saturated rings. The van der Waals surface area contributed by atoms with Crippen LogP contribution in [0.2, 0.25) is 5.15 Å².